The number of carbonyl (C=O) groups is 1. The predicted molar refractivity (Wildman–Crippen MR) is 117 cm³/mol. The lowest BCUT2D eigenvalue weighted by molar-refractivity contribution is -0.116. The van der Waals surface area contributed by atoms with E-state index in [2.05, 4.69) is 39.5 Å². The topological polar surface area (TPSA) is 17.1 Å². The molecule has 5 aliphatic rings. The van der Waals surface area contributed by atoms with Crippen molar-refractivity contribution >= 4 is 5.78 Å². The third-order valence-corrected chi connectivity index (χ3v) is 9.74. The molecule has 1 heteroatoms. The van der Waals surface area contributed by atoms with Gasteiger partial charge in [0.1, 0.15) is 0 Å². The summed E-state index contributed by atoms with van der Waals surface area (Å²) in [5, 5.41) is 0. The Balaban J connectivity index is 0.000000586. The van der Waals surface area contributed by atoms with Crippen LogP contribution in [0, 0.1) is 58.2 Å². The van der Waals surface area contributed by atoms with E-state index in [1.54, 1.807) is 0 Å². The van der Waals surface area contributed by atoms with Crippen LogP contribution in [0.5, 0.6) is 0 Å². The van der Waals surface area contributed by atoms with Crippen LogP contribution in [0.2, 0.25) is 0 Å². The van der Waals surface area contributed by atoms with Gasteiger partial charge >= 0.3 is 0 Å². The molecule has 0 spiro atoms. The molecule has 0 radical (unpaired) electrons. The Morgan fingerprint density at radius 3 is 2.36 bits per heavy atom. The standard InChI is InChI=1S/C24H34O.C3H6/c1-6-12-23(4)16(3)15(2)22-21-9-7-17-14-18(25)8-10-19(17)20(21)11-13-24(22,23)5;1-2-3-1/h14-16,19-22H,7-11,13H2,1-5H3;1-3H2/t15?,16?,19?,20?,21?,22?,23-,24?;/m0./s1. The average Bonchev–Trinajstić information content (AvgIpc) is 3.53. The molecule has 7 unspecified atom stereocenters. The van der Waals surface area contributed by atoms with Gasteiger partial charge in [-0.05, 0) is 93.0 Å². The molecule has 0 heterocycles. The van der Waals surface area contributed by atoms with Crippen molar-refractivity contribution in [3.8, 4) is 11.8 Å². The summed E-state index contributed by atoms with van der Waals surface area (Å²) < 4.78 is 0. The molecule has 4 saturated carbocycles. The molecule has 0 aromatic carbocycles. The van der Waals surface area contributed by atoms with Crippen molar-refractivity contribution in [3.05, 3.63) is 11.6 Å². The number of hydrogen-bond acceptors (Lipinski definition) is 1. The molecule has 8 atom stereocenters. The fourth-order valence-corrected chi connectivity index (χ4v) is 7.88. The van der Waals surface area contributed by atoms with Gasteiger partial charge in [0.05, 0.1) is 0 Å². The van der Waals surface area contributed by atoms with Gasteiger partial charge in [-0.1, -0.05) is 51.5 Å². The van der Waals surface area contributed by atoms with Gasteiger partial charge in [0.2, 0.25) is 0 Å². The van der Waals surface area contributed by atoms with Gasteiger partial charge in [-0.25, -0.2) is 0 Å². The zero-order valence-corrected chi connectivity index (χ0v) is 18.8. The lowest BCUT2D eigenvalue weighted by Crippen LogP contribution is -2.49. The molecule has 0 aromatic rings. The fraction of sp³-hybridized carbons (Fsp3) is 0.815. The molecule has 1 nitrogen and oxygen atoms in total. The van der Waals surface area contributed by atoms with Gasteiger partial charge in [0.25, 0.3) is 0 Å². The first-order chi connectivity index (χ1) is 13.3. The number of rotatable bonds is 0. The summed E-state index contributed by atoms with van der Waals surface area (Å²) in [4.78, 5) is 11.9. The SMILES string of the molecule is C1CC1.CC#C[C@@]1(C)C(C)C(C)C2C3CCC4=CC(=O)CCC4C3CCC21C. The molecule has 0 amide bonds. The van der Waals surface area contributed by atoms with Crippen molar-refractivity contribution in [2.45, 2.75) is 92.4 Å². The monoisotopic (exact) mass is 380 g/mol. The van der Waals surface area contributed by atoms with Crippen molar-refractivity contribution in [3.63, 3.8) is 0 Å². The van der Waals surface area contributed by atoms with Gasteiger partial charge in [-0.2, -0.15) is 0 Å². The third kappa shape index (κ3) is 3.02. The van der Waals surface area contributed by atoms with E-state index in [9.17, 15) is 4.79 Å². The average molecular weight is 381 g/mol. The summed E-state index contributed by atoms with van der Waals surface area (Å²) in [6.07, 6.45) is 13.5. The smallest absolute Gasteiger partial charge is 0.155 e. The molecule has 28 heavy (non-hydrogen) atoms. The lowest BCUT2D eigenvalue weighted by atomic mass is 9.48. The van der Waals surface area contributed by atoms with Gasteiger partial charge in [0, 0.05) is 11.8 Å². The Bertz CT molecular complexity index is 716. The van der Waals surface area contributed by atoms with Gasteiger partial charge in [-0.3, -0.25) is 4.79 Å². The van der Waals surface area contributed by atoms with Gasteiger partial charge in [0.15, 0.2) is 5.78 Å². The van der Waals surface area contributed by atoms with Crippen LogP contribution in [-0.4, -0.2) is 5.78 Å². The van der Waals surface area contributed by atoms with Crippen LogP contribution in [0.4, 0.5) is 0 Å². The second kappa shape index (κ2) is 7.34. The third-order valence-electron chi connectivity index (χ3n) is 9.74. The number of carbonyl (C=O) groups excluding carboxylic acids is 1. The Kier molecular flexibility index (Phi) is 5.31. The summed E-state index contributed by atoms with van der Waals surface area (Å²) in [5.41, 5.74) is 1.99. The summed E-state index contributed by atoms with van der Waals surface area (Å²) in [6.45, 7) is 12.0. The van der Waals surface area contributed by atoms with Crippen LogP contribution in [0.25, 0.3) is 0 Å². The molecule has 5 aliphatic carbocycles. The maximum Gasteiger partial charge on any atom is 0.155 e. The van der Waals surface area contributed by atoms with Crippen LogP contribution < -0.4 is 0 Å². The highest BCUT2D eigenvalue weighted by Crippen LogP contribution is 2.71. The van der Waals surface area contributed by atoms with Crippen LogP contribution in [-0.2, 0) is 4.79 Å². The van der Waals surface area contributed by atoms with Crippen LogP contribution in [0.15, 0.2) is 11.6 Å². The minimum absolute atomic E-state index is 0.148. The minimum atomic E-state index is 0.148. The maximum absolute atomic E-state index is 11.9. The normalized spacial score (nSPS) is 48.6. The second-order valence-corrected chi connectivity index (χ2v) is 11.0. The maximum atomic E-state index is 11.9. The molecule has 0 saturated heterocycles. The summed E-state index contributed by atoms with van der Waals surface area (Å²) >= 11 is 0. The summed E-state index contributed by atoms with van der Waals surface area (Å²) in [7, 11) is 0. The van der Waals surface area contributed by atoms with E-state index in [4.69, 9.17) is 0 Å². The fourth-order valence-electron chi connectivity index (χ4n) is 7.88. The van der Waals surface area contributed by atoms with Crippen molar-refractivity contribution in [2.24, 2.45) is 46.3 Å². The van der Waals surface area contributed by atoms with Crippen molar-refractivity contribution in [2.75, 3.05) is 0 Å². The van der Waals surface area contributed by atoms with E-state index in [0.29, 0.717) is 23.0 Å². The highest BCUT2D eigenvalue weighted by molar-refractivity contribution is 5.91. The van der Waals surface area contributed by atoms with E-state index in [1.807, 2.05) is 13.0 Å². The van der Waals surface area contributed by atoms with E-state index in [-0.39, 0.29) is 5.41 Å². The zero-order valence-electron chi connectivity index (χ0n) is 18.8. The minimum Gasteiger partial charge on any atom is -0.295 e. The Hall–Kier alpha value is -1.03. The molecule has 0 aromatic heterocycles. The number of ketones is 1. The largest absolute Gasteiger partial charge is 0.295 e. The lowest BCUT2D eigenvalue weighted by Gasteiger charge is -2.56. The molecule has 154 valence electrons. The van der Waals surface area contributed by atoms with E-state index >= 15 is 0 Å². The van der Waals surface area contributed by atoms with Crippen LogP contribution >= 0.6 is 0 Å². The first kappa shape index (κ1) is 20.3. The first-order valence-electron chi connectivity index (χ1n) is 12.0. The Morgan fingerprint density at radius 1 is 1.00 bits per heavy atom. The highest BCUT2D eigenvalue weighted by atomic mass is 16.1. The summed E-state index contributed by atoms with van der Waals surface area (Å²) in [6, 6.07) is 0. The van der Waals surface area contributed by atoms with Crippen molar-refractivity contribution in [1.29, 1.82) is 0 Å². The molecule has 0 N–H and O–H groups in total. The van der Waals surface area contributed by atoms with Gasteiger partial charge in [-0.15, -0.1) is 5.92 Å². The predicted octanol–water partition coefficient (Wildman–Crippen LogP) is 6.82. The Morgan fingerprint density at radius 2 is 1.71 bits per heavy atom. The zero-order chi connectivity index (χ0) is 20.1. The van der Waals surface area contributed by atoms with E-state index in [1.165, 1.54) is 50.5 Å². The Labute approximate surface area is 173 Å². The van der Waals surface area contributed by atoms with Crippen LogP contribution in [0.1, 0.15) is 92.4 Å². The molecule has 4 fully saturated rings. The summed E-state index contributed by atoms with van der Waals surface area (Å²) in [5.74, 6) is 11.9. The van der Waals surface area contributed by atoms with Gasteiger partial charge < -0.3 is 0 Å². The number of allylic oxidation sites excluding steroid dienone is 1. The van der Waals surface area contributed by atoms with E-state index < -0.39 is 0 Å². The van der Waals surface area contributed by atoms with Crippen LogP contribution in [0.3, 0.4) is 0 Å². The quantitative estimate of drug-likeness (QED) is 0.421. The number of fused-ring (bicyclic) bond motifs is 5. The second-order valence-electron chi connectivity index (χ2n) is 11.0. The molecular weight excluding hydrogens is 340 g/mol. The molecule has 0 bridgehead atoms. The molecule has 5 rings (SSSR count). The first-order valence-corrected chi connectivity index (χ1v) is 12.0. The van der Waals surface area contributed by atoms with E-state index in [0.717, 1.165) is 36.5 Å². The molecule has 0 aliphatic heterocycles. The van der Waals surface area contributed by atoms with Crippen molar-refractivity contribution in [1.82, 2.24) is 0 Å². The highest BCUT2D eigenvalue weighted by Gasteiger charge is 2.65. The van der Waals surface area contributed by atoms with Crippen molar-refractivity contribution < 1.29 is 4.79 Å². The number of hydrogen-bond donors (Lipinski definition) is 0. The molecular formula is C27H40O.